The SMILES string of the molecule is COc1ccc(C(NC(=O)CN2CCN(Cc3ccccc3)CC2)c2nccn2C)cc1. The van der Waals surface area contributed by atoms with Crippen LogP contribution < -0.4 is 10.1 Å². The molecule has 1 aliphatic rings. The predicted octanol–water partition coefficient (Wildman–Crippen LogP) is 2.45. The molecule has 0 bridgehead atoms. The minimum atomic E-state index is -0.312. The number of piperazine rings is 1. The third kappa shape index (κ3) is 5.55. The second-order valence-corrected chi connectivity index (χ2v) is 8.21. The number of carbonyl (C=O) groups excluding carboxylic acids is 1. The van der Waals surface area contributed by atoms with Gasteiger partial charge in [-0.05, 0) is 23.3 Å². The van der Waals surface area contributed by atoms with Crippen molar-refractivity contribution in [3.8, 4) is 5.75 Å². The first-order valence-electron chi connectivity index (χ1n) is 11.0. The number of rotatable bonds is 8. The Hall–Kier alpha value is -3.16. The van der Waals surface area contributed by atoms with E-state index in [1.165, 1.54) is 5.56 Å². The minimum Gasteiger partial charge on any atom is -0.497 e. The number of hydrogen-bond acceptors (Lipinski definition) is 5. The van der Waals surface area contributed by atoms with Crippen molar-refractivity contribution < 1.29 is 9.53 Å². The standard InChI is InChI=1S/C25H31N5O2/c1-28-13-12-26-25(28)24(21-8-10-22(32-2)11-9-21)27-23(31)19-30-16-14-29(15-17-30)18-20-6-4-3-5-7-20/h3-13,24H,14-19H2,1-2H3,(H,27,31). The quantitative estimate of drug-likeness (QED) is 0.591. The molecule has 0 aliphatic carbocycles. The zero-order valence-electron chi connectivity index (χ0n) is 18.8. The number of amides is 1. The number of imidazole rings is 1. The van der Waals surface area contributed by atoms with Gasteiger partial charge in [-0.1, -0.05) is 42.5 Å². The first-order chi connectivity index (χ1) is 15.6. The molecule has 1 N–H and O–H groups in total. The van der Waals surface area contributed by atoms with E-state index < -0.39 is 0 Å². The van der Waals surface area contributed by atoms with E-state index in [2.05, 4.69) is 44.4 Å². The number of nitrogens with zero attached hydrogens (tertiary/aromatic N) is 4. The van der Waals surface area contributed by atoms with Crippen LogP contribution in [0.5, 0.6) is 5.75 Å². The maximum Gasteiger partial charge on any atom is 0.235 e. The number of aromatic nitrogens is 2. The number of methoxy groups -OCH3 is 1. The molecule has 1 fully saturated rings. The molecule has 0 spiro atoms. The Morgan fingerprint density at radius 3 is 2.34 bits per heavy atom. The highest BCUT2D eigenvalue weighted by Crippen LogP contribution is 2.23. The van der Waals surface area contributed by atoms with E-state index in [9.17, 15) is 4.79 Å². The number of benzene rings is 2. The summed E-state index contributed by atoms with van der Waals surface area (Å²) in [5, 5.41) is 3.19. The van der Waals surface area contributed by atoms with Crippen molar-refractivity contribution in [2.45, 2.75) is 12.6 Å². The second-order valence-electron chi connectivity index (χ2n) is 8.21. The third-order valence-corrected chi connectivity index (χ3v) is 5.95. The maximum atomic E-state index is 13.0. The van der Waals surface area contributed by atoms with E-state index in [4.69, 9.17) is 4.74 Å². The van der Waals surface area contributed by atoms with E-state index in [0.717, 1.165) is 49.9 Å². The van der Waals surface area contributed by atoms with Crippen LogP contribution in [0.25, 0.3) is 0 Å². The number of aryl methyl sites for hydroxylation is 1. The molecule has 7 heteroatoms. The Morgan fingerprint density at radius 2 is 1.72 bits per heavy atom. The van der Waals surface area contributed by atoms with Crippen LogP contribution in [0.1, 0.15) is 23.0 Å². The number of hydrogen-bond donors (Lipinski definition) is 1. The zero-order valence-corrected chi connectivity index (χ0v) is 18.8. The van der Waals surface area contributed by atoms with Crippen LogP contribution in [0.15, 0.2) is 67.0 Å². The van der Waals surface area contributed by atoms with Gasteiger partial charge in [-0.25, -0.2) is 4.98 Å². The molecule has 1 aliphatic heterocycles. The van der Waals surface area contributed by atoms with E-state index in [-0.39, 0.29) is 11.9 Å². The lowest BCUT2D eigenvalue weighted by Gasteiger charge is -2.34. The summed E-state index contributed by atoms with van der Waals surface area (Å²) in [6.45, 7) is 5.04. The molecule has 1 unspecified atom stereocenters. The molecule has 0 radical (unpaired) electrons. The van der Waals surface area contributed by atoms with Gasteiger partial charge in [0.1, 0.15) is 17.6 Å². The second kappa shape index (κ2) is 10.4. The molecule has 2 aromatic carbocycles. The van der Waals surface area contributed by atoms with Gasteiger partial charge in [-0.3, -0.25) is 14.6 Å². The molecule has 2 heterocycles. The van der Waals surface area contributed by atoms with Crippen molar-refractivity contribution >= 4 is 5.91 Å². The van der Waals surface area contributed by atoms with E-state index >= 15 is 0 Å². The van der Waals surface area contributed by atoms with Crippen molar-refractivity contribution in [2.75, 3.05) is 39.8 Å². The lowest BCUT2D eigenvalue weighted by Crippen LogP contribution is -2.49. The topological polar surface area (TPSA) is 62.6 Å². The molecule has 4 rings (SSSR count). The summed E-state index contributed by atoms with van der Waals surface area (Å²) >= 11 is 0. The maximum absolute atomic E-state index is 13.0. The monoisotopic (exact) mass is 433 g/mol. The molecule has 1 amide bonds. The summed E-state index contributed by atoms with van der Waals surface area (Å²) in [4.78, 5) is 22.1. The van der Waals surface area contributed by atoms with E-state index in [0.29, 0.717) is 6.54 Å². The summed E-state index contributed by atoms with van der Waals surface area (Å²) in [6, 6.07) is 18.0. The molecule has 3 aromatic rings. The van der Waals surface area contributed by atoms with Gasteiger partial charge < -0.3 is 14.6 Å². The first kappa shape index (κ1) is 22.0. The third-order valence-electron chi connectivity index (χ3n) is 5.95. The van der Waals surface area contributed by atoms with Crippen LogP contribution in [-0.2, 0) is 18.4 Å². The van der Waals surface area contributed by atoms with Gasteiger partial charge in [-0.15, -0.1) is 0 Å². The van der Waals surface area contributed by atoms with Crippen LogP contribution in [0, 0.1) is 0 Å². The largest absolute Gasteiger partial charge is 0.497 e. The number of carbonyl (C=O) groups is 1. The fourth-order valence-corrected chi connectivity index (χ4v) is 4.11. The van der Waals surface area contributed by atoms with Gasteiger partial charge in [-0.2, -0.15) is 0 Å². The van der Waals surface area contributed by atoms with Crippen LogP contribution in [-0.4, -0.2) is 65.1 Å². The van der Waals surface area contributed by atoms with Gasteiger partial charge in [0.15, 0.2) is 0 Å². The van der Waals surface area contributed by atoms with Gasteiger partial charge in [0.05, 0.1) is 13.7 Å². The fourth-order valence-electron chi connectivity index (χ4n) is 4.11. The summed E-state index contributed by atoms with van der Waals surface area (Å²) < 4.78 is 7.21. The van der Waals surface area contributed by atoms with Crippen LogP contribution in [0.3, 0.4) is 0 Å². The van der Waals surface area contributed by atoms with Crippen molar-refractivity contribution in [2.24, 2.45) is 7.05 Å². The Balaban J connectivity index is 1.35. The minimum absolute atomic E-state index is 0.00493. The summed E-state index contributed by atoms with van der Waals surface area (Å²) in [7, 11) is 3.59. The lowest BCUT2D eigenvalue weighted by molar-refractivity contribution is -0.123. The lowest BCUT2D eigenvalue weighted by atomic mass is 10.1. The van der Waals surface area contributed by atoms with Crippen molar-refractivity contribution in [1.29, 1.82) is 0 Å². The highest BCUT2D eigenvalue weighted by molar-refractivity contribution is 5.79. The van der Waals surface area contributed by atoms with Gasteiger partial charge in [0.2, 0.25) is 5.91 Å². The summed E-state index contributed by atoms with van der Waals surface area (Å²) in [5.74, 6) is 1.59. The van der Waals surface area contributed by atoms with Gasteiger partial charge in [0, 0.05) is 52.2 Å². The molecule has 7 nitrogen and oxygen atoms in total. The number of nitrogens with one attached hydrogen (secondary N) is 1. The molecule has 32 heavy (non-hydrogen) atoms. The van der Waals surface area contributed by atoms with Crippen molar-refractivity contribution in [3.05, 3.63) is 83.9 Å². The molecular formula is C25H31N5O2. The normalized spacial score (nSPS) is 15.9. The predicted molar refractivity (Wildman–Crippen MR) is 124 cm³/mol. The van der Waals surface area contributed by atoms with Crippen molar-refractivity contribution in [3.63, 3.8) is 0 Å². The average molecular weight is 434 g/mol. The molecule has 168 valence electrons. The summed E-state index contributed by atoms with van der Waals surface area (Å²) in [6.07, 6.45) is 3.65. The molecular weight excluding hydrogens is 402 g/mol. The number of ether oxygens (including phenoxy) is 1. The van der Waals surface area contributed by atoms with Crippen LogP contribution >= 0.6 is 0 Å². The Morgan fingerprint density at radius 1 is 1.03 bits per heavy atom. The van der Waals surface area contributed by atoms with Gasteiger partial charge in [0.25, 0.3) is 0 Å². The van der Waals surface area contributed by atoms with E-state index in [1.807, 2.05) is 48.1 Å². The highest BCUT2D eigenvalue weighted by atomic mass is 16.5. The Bertz CT molecular complexity index is 995. The first-order valence-corrected chi connectivity index (χ1v) is 11.0. The Kier molecular flexibility index (Phi) is 7.19. The Labute approximate surface area is 189 Å². The molecule has 1 atom stereocenters. The zero-order chi connectivity index (χ0) is 22.3. The smallest absolute Gasteiger partial charge is 0.235 e. The van der Waals surface area contributed by atoms with Gasteiger partial charge >= 0.3 is 0 Å². The van der Waals surface area contributed by atoms with E-state index in [1.54, 1.807) is 13.3 Å². The molecule has 0 saturated carbocycles. The summed E-state index contributed by atoms with van der Waals surface area (Å²) in [5.41, 5.74) is 2.30. The van der Waals surface area contributed by atoms with Crippen LogP contribution in [0.4, 0.5) is 0 Å². The fraction of sp³-hybridized carbons (Fsp3) is 0.360. The molecule has 1 aromatic heterocycles. The molecule has 1 saturated heterocycles. The van der Waals surface area contributed by atoms with Crippen molar-refractivity contribution in [1.82, 2.24) is 24.7 Å². The average Bonchev–Trinajstić information content (AvgIpc) is 3.25. The van der Waals surface area contributed by atoms with Crippen LogP contribution in [0.2, 0.25) is 0 Å². The highest BCUT2D eigenvalue weighted by Gasteiger charge is 2.24.